The van der Waals surface area contributed by atoms with Crippen LogP contribution in [0.25, 0.3) is 10.9 Å². The maximum Gasteiger partial charge on any atom is 0.293 e. The van der Waals surface area contributed by atoms with Gasteiger partial charge in [0.15, 0.2) is 0 Å². The Labute approximate surface area is 166 Å². The van der Waals surface area contributed by atoms with Gasteiger partial charge in [-0.3, -0.25) is 19.8 Å². The zero-order valence-corrected chi connectivity index (χ0v) is 15.8. The van der Waals surface area contributed by atoms with Crippen LogP contribution < -0.4 is 10.9 Å². The van der Waals surface area contributed by atoms with E-state index in [2.05, 4.69) is 26.3 Å². The normalized spacial score (nSPS) is 14.8. The van der Waals surface area contributed by atoms with Crippen molar-refractivity contribution in [1.82, 2.24) is 14.9 Å². The van der Waals surface area contributed by atoms with Crippen LogP contribution in [0.1, 0.15) is 11.1 Å². The van der Waals surface area contributed by atoms with Crippen LogP contribution in [0.4, 0.5) is 11.4 Å². The van der Waals surface area contributed by atoms with E-state index >= 15 is 0 Å². The number of rotatable bonds is 6. The number of hydrogen-bond acceptors (Lipinski definition) is 7. The van der Waals surface area contributed by atoms with Gasteiger partial charge < -0.3 is 15.0 Å². The first-order valence-corrected chi connectivity index (χ1v) is 9.38. The van der Waals surface area contributed by atoms with Crippen molar-refractivity contribution in [2.45, 2.75) is 13.1 Å². The summed E-state index contributed by atoms with van der Waals surface area (Å²) in [7, 11) is 0. The molecule has 0 spiro atoms. The number of benzene rings is 2. The second-order valence-electron chi connectivity index (χ2n) is 6.89. The minimum absolute atomic E-state index is 0.151. The van der Waals surface area contributed by atoms with E-state index in [0.29, 0.717) is 17.7 Å². The highest BCUT2D eigenvalue weighted by Crippen LogP contribution is 2.28. The molecule has 0 bridgehead atoms. The van der Waals surface area contributed by atoms with Crippen LogP contribution in [-0.4, -0.2) is 46.1 Å². The van der Waals surface area contributed by atoms with Gasteiger partial charge in [0.2, 0.25) is 0 Å². The van der Waals surface area contributed by atoms with E-state index in [0.717, 1.165) is 38.4 Å². The van der Waals surface area contributed by atoms with Gasteiger partial charge in [0.25, 0.3) is 11.2 Å². The predicted octanol–water partition coefficient (Wildman–Crippen LogP) is 2.28. The molecule has 9 heteroatoms. The largest absolute Gasteiger partial charge is 0.379 e. The summed E-state index contributed by atoms with van der Waals surface area (Å²) in [5.74, 6) is 0. The first kappa shape index (κ1) is 19.0. The van der Waals surface area contributed by atoms with Gasteiger partial charge in [0.05, 0.1) is 35.4 Å². The van der Waals surface area contributed by atoms with E-state index in [1.54, 1.807) is 6.07 Å². The second kappa shape index (κ2) is 8.38. The highest BCUT2D eigenvalue weighted by molar-refractivity contribution is 5.86. The number of hydrogen-bond donors (Lipinski definition) is 2. The van der Waals surface area contributed by atoms with Crippen LogP contribution in [0.15, 0.2) is 47.5 Å². The molecule has 0 radical (unpaired) electrons. The first-order chi connectivity index (χ1) is 14.1. The lowest BCUT2D eigenvalue weighted by molar-refractivity contribution is -0.383. The highest BCUT2D eigenvalue weighted by Gasteiger charge is 2.18. The van der Waals surface area contributed by atoms with Crippen molar-refractivity contribution in [2.24, 2.45) is 0 Å². The Hall–Kier alpha value is -3.30. The summed E-state index contributed by atoms with van der Waals surface area (Å²) in [6, 6.07) is 10.8. The van der Waals surface area contributed by atoms with Gasteiger partial charge in [-0.25, -0.2) is 4.98 Å². The summed E-state index contributed by atoms with van der Waals surface area (Å²) in [6.07, 6.45) is 1.29. The molecule has 0 amide bonds. The smallest absolute Gasteiger partial charge is 0.293 e. The molecule has 0 saturated carbocycles. The predicted molar refractivity (Wildman–Crippen MR) is 109 cm³/mol. The number of aromatic nitrogens is 2. The fourth-order valence-electron chi connectivity index (χ4n) is 3.47. The third kappa shape index (κ3) is 4.25. The molecule has 2 aromatic carbocycles. The minimum Gasteiger partial charge on any atom is -0.379 e. The number of nitro benzene ring substituents is 1. The molecule has 1 fully saturated rings. The second-order valence-corrected chi connectivity index (χ2v) is 6.89. The molecule has 0 unspecified atom stereocenters. The summed E-state index contributed by atoms with van der Waals surface area (Å²) >= 11 is 0. The van der Waals surface area contributed by atoms with Crippen molar-refractivity contribution < 1.29 is 9.66 Å². The molecular formula is C20H21N5O4. The van der Waals surface area contributed by atoms with Gasteiger partial charge >= 0.3 is 0 Å². The molecule has 2 heterocycles. The van der Waals surface area contributed by atoms with E-state index in [1.807, 2.05) is 18.2 Å². The number of nitrogens with zero attached hydrogens (tertiary/aromatic N) is 3. The molecule has 1 saturated heterocycles. The topological polar surface area (TPSA) is 113 Å². The van der Waals surface area contributed by atoms with Crippen LogP contribution in [-0.2, 0) is 17.8 Å². The average molecular weight is 395 g/mol. The van der Waals surface area contributed by atoms with Crippen molar-refractivity contribution in [3.63, 3.8) is 0 Å². The lowest BCUT2D eigenvalue weighted by atomic mass is 10.1. The molecule has 9 nitrogen and oxygen atoms in total. The Morgan fingerprint density at radius 3 is 2.72 bits per heavy atom. The van der Waals surface area contributed by atoms with Crippen LogP contribution in [0.2, 0.25) is 0 Å². The summed E-state index contributed by atoms with van der Waals surface area (Å²) in [5, 5.41) is 14.9. The first-order valence-electron chi connectivity index (χ1n) is 9.38. The highest BCUT2D eigenvalue weighted by atomic mass is 16.6. The molecule has 1 aliphatic rings. The van der Waals surface area contributed by atoms with Crippen molar-refractivity contribution >= 4 is 22.3 Å². The molecule has 2 N–H and O–H groups in total. The lowest BCUT2D eigenvalue weighted by Gasteiger charge is -2.27. The number of nitrogens with one attached hydrogen (secondary N) is 2. The van der Waals surface area contributed by atoms with Crippen LogP contribution in [0.5, 0.6) is 0 Å². The molecule has 150 valence electrons. The number of fused-ring (bicyclic) bond motifs is 1. The fraction of sp³-hybridized carbons (Fsp3) is 0.300. The molecule has 0 aliphatic carbocycles. The maximum absolute atomic E-state index is 11.9. The van der Waals surface area contributed by atoms with Crippen molar-refractivity contribution in [1.29, 1.82) is 0 Å². The number of nitro groups is 1. The molecule has 4 rings (SSSR count). The molecule has 1 aromatic heterocycles. The number of aromatic amines is 1. The van der Waals surface area contributed by atoms with Crippen LogP contribution in [0.3, 0.4) is 0 Å². The monoisotopic (exact) mass is 395 g/mol. The van der Waals surface area contributed by atoms with E-state index in [9.17, 15) is 14.9 Å². The summed E-state index contributed by atoms with van der Waals surface area (Å²) in [6.45, 7) is 4.47. The van der Waals surface area contributed by atoms with Gasteiger partial charge in [-0.05, 0) is 17.2 Å². The third-order valence-electron chi connectivity index (χ3n) is 5.04. The van der Waals surface area contributed by atoms with Gasteiger partial charge in [0.1, 0.15) is 5.69 Å². The maximum atomic E-state index is 11.9. The third-order valence-corrected chi connectivity index (χ3v) is 5.04. The Morgan fingerprint density at radius 1 is 1.21 bits per heavy atom. The van der Waals surface area contributed by atoms with Crippen LogP contribution in [0, 0.1) is 10.1 Å². The standard InChI is InChI=1S/C20H21N5O4/c26-20-16-9-19(25(27)28)18(10-17(16)22-13-23-20)21-11-14-3-1-2-4-15(14)12-24-5-7-29-8-6-24/h1-4,9-10,13,21H,5-8,11-12H2,(H,22,23,26). The summed E-state index contributed by atoms with van der Waals surface area (Å²) in [5.41, 5.74) is 2.42. The number of morpholine rings is 1. The van der Waals surface area contributed by atoms with E-state index < -0.39 is 10.5 Å². The quantitative estimate of drug-likeness (QED) is 0.486. The van der Waals surface area contributed by atoms with Gasteiger partial charge in [0, 0.05) is 32.2 Å². The van der Waals surface area contributed by atoms with Gasteiger partial charge in [-0.2, -0.15) is 0 Å². The van der Waals surface area contributed by atoms with E-state index in [1.165, 1.54) is 18.0 Å². The van der Waals surface area contributed by atoms with Gasteiger partial charge in [-0.1, -0.05) is 24.3 Å². The Kier molecular flexibility index (Phi) is 5.50. The zero-order valence-electron chi connectivity index (χ0n) is 15.8. The number of H-pyrrole nitrogens is 1. The summed E-state index contributed by atoms with van der Waals surface area (Å²) in [4.78, 5) is 31.9. The van der Waals surface area contributed by atoms with Crippen LogP contribution >= 0.6 is 0 Å². The molecule has 29 heavy (non-hydrogen) atoms. The minimum atomic E-state index is -0.492. The van der Waals surface area contributed by atoms with E-state index in [4.69, 9.17) is 4.74 Å². The summed E-state index contributed by atoms with van der Waals surface area (Å²) < 4.78 is 5.40. The number of ether oxygens (including phenoxy) is 1. The molecule has 1 aliphatic heterocycles. The Morgan fingerprint density at radius 2 is 1.97 bits per heavy atom. The zero-order chi connectivity index (χ0) is 20.2. The van der Waals surface area contributed by atoms with Crippen molar-refractivity contribution in [3.8, 4) is 0 Å². The van der Waals surface area contributed by atoms with Gasteiger partial charge in [-0.15, -0.1) is 0 Å². The Bertz CT molecular complexity index is 1090. The molecule has 0 atom stereocenters. The average Bonchev–Trinajstić information content (AvgIpc) is 2.73. The van der Waals surface area contributed by atoms with Crippen molar-refractivity contribution in [2.75, 3.05) is 31.6 Å². The van der Waals surface area contributed by atoms with Crippen molar-refractivity contribution in [3.05, 3.63) is 74.3 Å². The van der Waals surface area contributed by atoms with E-state index in [-0.39, 0.29) is 11.1 Å². The number of anilines is 1. The SMILES string of the molecule is O=c1[nH]cnc2cc(NCc3ccccc3CN3CCOCC3)c([N+](=O)[O-])cc12. The molecular weight excluding hydrogens is 374 g/mol. The fourth-order valence-corrected chi connectivity index (χ4v) is 3.47. The Balaban J connectivity index is 1.59. The lowest BCUT2D eigenvalue weighted by Crippen LogP contribution is -2.35. The molecule has 3 aromatic rings.